The smallest absolute Gasteiger partial charge is 0.0459 e. The summed E-state index contributed by atoms with van der Waals surface area (Å²) >= 11 is 12.9. The summed E-state index contributed by atoms with van der Waals surface area (Å²) in [7, 11) is 0. The summed E-state index contributed by atoms with van der Waals surface area (Å²) in [6.45, 7) is 4.14. The average Bonchev–Trinajstić information content (AvgIpc) is 2.28. The van der Waals surface area contributed by atoms with Gasteiger partial charge in [0, 0.05) is 22.0 Å². The fraction of sp³-hybridized carbons (Fsp3) is 0.625. The first kappa shape index (κ1) is 13.7. The van der Waals surface area contributed by atoms with Crippen molar-refractivity contribution >= 4 is 23.2 Å². The lowest BCUT2D eigenvalue weighted by Crippen LogP contribution is -2.57. The van der Waals surface area contributed by atoms with Crippen molar-refractivity contribution in [2.75, 3.05) is 13.1 Å². The molecule has 0 heterocycles. The van der Waals surface area contributed by atoms with Crippen molar-refractivity contribution in [1.29, 1.82) is 0 Å². The van der Waals surface area contributed by atoms with E-state index in [1.54, 1.807) is 0 Å². The molecule has 0 bridgehead atoms. The van der Waals surface area contributed by atoms with Gasteiger partial charge in [-0.15, -0.1) is 0 Å². The summed E-state index contributed by atoms with van der Waals surface area (Å²) < 4.78 is 0. The van der Waals surface area contributed by atoms with Gasteiger partial charge in [0.2, 0.25) is 0 Å². The van der Waals surface area contributed by atoms with E-state index >= 15 is 0 Å². The molecular formula is C16H21Cl2N. The lowest BCUT2D eigenvalue weighted by molar-refractivity contribution is -0.0479. The summed E-state index contributed by atoms with van der Waals surface area (Å²) in [5, 5.41) is 5.18. The van der Waals surface area contributed by atoms with Crippen molar-refractivity contribution in [2.24, 2.45) is 5.41 Å². The Bertz CT molecular complexity index is 451. The molecule has 0 amide bonds. The number of likely N-dealkylation sites (N-methyl/N-ethyl adjacent to an activating group) is 1. The first-order valence-corrected chi connectivity index (χ1v) is 8.02. The van der Waals surface area contributed by atoms with E-state index < -0.39 is 0 Å². The minimum atomic E-state index is 0.159. The molecule has 0 atom stereocenters. The topological polar surface area (TPSA) is 12.0 Å². The second kappa shape index (κ2) is 4.95. The van der Waals surface area contributed by atoms with Gasteiger partial charge in [-0.05, 0) is 55.3 Å². The Labute approximate surface area is 125 Å². The molecule has 0 radical (unpaired) electrons. The maximum Gasteiger partial charge on any atom is 0.0459 e. The predicted molar refractivity (Wildman–Crippen MR) is 82.2 cm³/mol. The first-order chi connectivity index (χ1) is 9.11. The standard InChI is InChI=1S/C16H21Cl2N/c1-2-19-11-16(9-15(10-16)7-4-8-15)14-12(17)5-3-6-13(14)18/h3,5-6,19H,2,4,7-11H2,1H3. The van der Waals surface area contributed by atoms with Crippen molar-refractivity contribution in [2.45, 2.75) is 44.4 Å². The van der Waals surface area contributed by atoms with Crippen molar-refractivity contribution < 1.29 is 0 Å². The highest BCUT2D eigenvalue weighted by Crippen LogP contribution is 2.66. The van der Waals surface area contributed by atoms with Gasteiger partial charge in [-0.25, -0.2) is 0 Å². The number of rotatable bonds is 4. The van der Waals surface area contributed by atoms with Crippen LogP contribution in [-0.2, 0) is 5.41 Å². The number of benzene rings is 1. The molecule has 2 aliphatic carbocycles. The molecule has 3 heteroatoms. The SMILES string of the molecule is CCNCC1(c2c(Cl)cccc2Cl)CC2(CCC2)C1. The largest absolute Gasteiger partial charge is 0.316 e. The molecular weight excluding hydrogens is 277 g/mol. The minimum Gasteiger partial charge on any atom is -0.316 e. The summed E-state index contributed by atoms with van der Waals surface area (Å²) in [6, 6.07) is 5.89. The third-order valence-corrected chi connectivity index (χ3v) is 5.68. The normalized spacial score (nSPS) is 22.9. The van der Waals surface area contributed by atoms with E-state index in [0.29, 0.717) is 5.41 Å². The lowest BCUT2D eigenvalue weighted by atomic mass is 9.43. The maximum atomic E-state index is 6.45. The van der Waals surface area contributed by atoms with Gasteiger partial charge in [0.15, 0.2) is 0 Å². The molecule has 2 fully saturated rings. The molecule has 1 aromatic carbocycles. The summed E-state index contributed by atoms with van der Waals surface area (Å²) in [4.78, 5) is 0. The molecule has 0 aliphatic heterocycles. The molecule has 2 saturated carbocycles. The molecule has 1 nitrogen and oxygen atoms in total. The molecule has 0 unspecified atom stereocenters. The monoisotopic (exact) mass is 297 g/mol. The fourth-order valence-electron chi connectivity index (χ4n) is 4.17. The van der Waals surface area contributed by atoms with E-state index in [1.807, 2.05) is 18.2 Å². The number of nitrogens with one attached hydrogen (secondary N) is 1. The Hall–Kier alpha value is -0.240. The first-order valence-electron chi connectivity index (χ1n) is 7.26. The van der Waals surface area contributed by atoms with Crippen LogP contribution in [0.3, 0.4) is 0 Å². The summed E-state index contributed by atoms with van der Waals surface area (Å²) in [5.74, 6) is 0. The Morgan fingerprint density at radius 3 is 2.26 bits per heavy atom. The number of halogens is 2. The van der Waals surface area contributed by atoms with Crippen molar-refractivity contribution in [3.05, 3.63) is 33.8 Å². The van der Waals surface area contributed by atoms with Gasteiger partial charge in [0.25, 0.3) is 0 Å². The van der Waals surface area contributed by atoms with Crippen LogP contribution in [0.1, 0.15) is 44.6 Å². The molecule has 19 heavy (non-hydrogen) atoms. The highest BCUT2D eigenvalue weighted by Gasteiger charge is 2.58. The summed E-state index contributed by atoms with van der Waals surface area (Å²) in [6.07, 6.45) is 6.67. The predicted octanol–water partition coefficient (Wildman–Crippen LogP) is 4.80. The van der Waals surface area contributed by atoms with Crippen LogP contribution < -0.4 is 5.32 Å². The van der Waals surface area contributed by atoms with Crippen molar-refractivity contribution in [1.82, 2.24) is 5.32 Å². The highest BCUT2D eigenvalue weighted by molar-refractivity contribution is 6.36. The maximum absolute atomic E-state index is 6.45. The quantitative estimate of drug-likeness (QED) is 0.841. The summed E-state index contributed by atoms with van der Waals surface area (Å²) in [5.41, 5.74) is 1.95. The molecule has 104 valence electrons. The van der Waals surface area contributed by atoms with E-state index in [4.69, 9.17) is 23.2 Å². The second-order valence-corrected chi connectivity index (χ2v) is 7.18. The molecule has 0 aromatic heterocycles. The molecule has 1 aromatic rings. The molecule has 1 spiro atoms. The molecule has 1 N–H and O–H groups in total. The average molecular weight is 298 g/mol. The molecule has 3 rings (SSSR count). The van der Waals surface area contributed by atoms with E-state index in [1.165, 1.54) is 37.7 Å². The number of hydrogen-bond donors (Lipinski definition) is 1. The zero-order valence-electron chi connectivity index (χ0n) is 11.4. The van der Waals surface area contributed by atoms with Crippen LogP contribution in [0.5, 0.6) is 0 Å². The third-order valence-electron chi connectivity index (χ3n) is 5.05. The number of hydrogen-bond acceptors (Lipinski definition) is 1. The minimum absolute atomic E-state index is 0.159. The van der Waals surface area contributed by atoms with Gasteiger partial charge in [-0.3, -0.25) is 0 Å². The lowest BCUT2D eigenvalue weighted by Gasteiger charge is -2.62. The Morgan fingerprint density at radius 1 is 1.16 bits per heavy atom. The van der Waals surface area contributed by atoms with Crippen LogP contribution in [0.15, 0.2) is 18.2 Å². The van der Waals surface area contributed by atoms with Gasteiger partial charge >= 0.3 is 0 Å². The van der Waals surface area contributed by atoms with E-state index in [-0.39, 0.29) is 5.41 Å². The Balaban J connectivity index is 1.91. The van der Waals surface area contributed by atoms with Gasteiger partial charge in [-0.1, -0.05) is 42.6 Å². The highest BCUT2D eigenvalue weighted by atomic mass is 35.5. The van der Waals surface area contributed by atoms with Crippen LogP contribution in [0.2, 0.25) is 10.0 Å². The Morgan fingerprint density at radius 2 is 1.79 bits per heavy atom. The fourth-order valence-corrected chi connectivity index (χ4v) is 4.97. The van der Waals surface area contributed by atoms with Crippen molar-refractivity contribution in [3.63, 3.8) is 0 Å². The Kier molecular flexibility index (Phi) is 3.57. The van der Waals surface area contributed by atoms with Crippen LogP contribution >= 0.6 is 23.2 Å². The van der Waals surface area contributed by atoms with Crippen LogP contribution in [0, 0.1) is 5.41 Å². The van der Waals surface area contributed by atoms with E-state index in [0.717, 1.165) is 23.1 Å². The van der Waals surface area contributed by atoms with E-state index in [2.05, 4.69) is 12.2 Å². The zero-order valence-corrected chi connectivity index (χ0v) is 12.9. The van der Waals surface area contributed by atoms with Crippen LogP contribution in [0.25, 0.3) is 0 Å². The van der Waals surface area contributed by atoms with Crippen LogP contribution in [-0.4, -0.2) is 13.1 Å². The van der Waals surface area contributed by atoms with Crippen molar-refractivity contribution in [3.8, 4) is 0 Å². The zero-order chi connectivity index (χ0) is 13.5. The van der Waals surface area contributed by atoms with E-state index in [9.17, 15) is 0 Å². The molecule has 2 aliphatic rings. The third kappa shape index (κ3) is 2.20. The second-order valence-electron chi connectivity index (χ2n) is 6.36. The van der Waals surface area contributed by atoms with Gasteiger partial charge in [-0.2, -0.15) is 0 Å². The van der Waals surface area contributed by atoms with Gasteiger partial charge in [0.05, 0.1) is 0 Å². The van der Waals surface area contributed by atoms with Crippen LogP contribution in [0.4, 0.5) is 0 Å². The van der Waals surface area contributed by atoms with Gasteiger partial charge < -0.3 is 5.32 Å². The molecule has 0 saturated heterocycles. The van der Waals surface area contributed by atoms with Gasteiger partial charge in [0.1, 0.15) is 0 Å².